The van der Waals surface area contributed by atoms with Gasteiger partial charge in [-0.2, -0.15) is 13.2 Å². The largest absolute Gasteiger partial charge is 0.493 e. The normalized spacial score (nSPS) is 11.4. The van der Waals surface area contributed by atoms with Crippen LogP contribution in [0.25, 0.3) is 5.69 Å². The van der Waals surface area contributed by atoms with E-state index >= 15 is 0 Å². The van der Waals surface area contributed by atoms with Crippen molar-refractivity contribution in [2.24, 2.45) is 0 Å². The molecule has 174 valence electrons. The van der Waals surface area contributed by atoms with Gasteiger partial charge >= 0.3 is 11.2 Å². The number of hydrogen-bond acceptors (Lipinski definition) is 5. The van der Waals surface area contributed by atoms with Crippen LogP contribution < -0.4 is 11.0 Å². The van der Waals surface area contributed by atoms with Crippen LogP contribution in [0.2, 0.25) is 0 Å². The molecule has 2 aromatic carbocycles. The van der Waals surface area contributed by atoms with E-state index < -0.39 is 17.1 Å². The molecule has 2 heterocycles. The summed E-state index contributed by atoms with van der Waals surface area (Å²) in [6.45, 7) is 0.0372. The van der Waals surface area contributed by atoms with Crippen LogP contribution in [0.1, 0.15) is 16.1 Å². The fourth-order valence-electron chi connectivity index (χ4n) is 3.24. The Morgan fingerprint density at radius 2 is 1.76 bits per heavy atom. The number of thioether (sulfide) groups is 1. The quantitative estimate of drug-likeness (QED) is 0.387. The summed E-state index contributed by atoms with van der Waals surface area (Å²) < 4.78 is 39.8. The molecule has 0 fully saturated rings. The molecule has 0 saturated heterocycles. The Morgan fingerprint density at radius 1 is 1.06 bits per heavy atom. The first kappa shape index (κ1) is 23.2. The van der Waals surface area contributed by atoms with Crippen LogP contribution in [0, 0.1) is 0 Å². The predicted octanol–water partition coefficient (Wildman–Crippen LogP) is 4.65. The highest BCUT2D eigenvalue weighted by Crippen LogP contribution is 2.37. The lowest BCUT2D eigenvalue weighted by molar-refractivity contribution is -0.0328. The maximum Gasteiger partial charge on any atom is 0.446 e. The van der Waals surface area contributed by atoms with E-state index in [2.05, 4.69) is 10.3 Å². The zero-order valence-corrected chi connectivity index (χ0v) is 18.2. The van der Waals surface area contributed by atoms with Crippen LogP contribution in [-0.4, -0.2) is 30.6 Å². The van der Waals surface area contributed by atoms with E-state index in [1.165, 1.54) is 47.3 Å². The first-order valence-electron chi connectivity index (χ1n) is 9.88. The Bertz CT molecular complexity index is 1370. The number of halogens is 3. The van der Waals surface area contributed by atoms with Gasteiger partial charge in [-0.05, 0) is 65.9 Å². The second-order valence-corrected chi connectivity index (χ2v) is 8.28. The summed E-state index contributed by atoms with van der Waals surface area (Å²) in [6, 6.07) is 17.1. The van der Waals surface area contributed by atoms with Crippen molar-refractivity contribution in [3.63, 3.8) is 0 Å². The molecule has 0 spiro atoms. The fourth-order valence-corrected chi connectivity index (χ4v) is 3.78. The predicted molar refractivity (Wildman–Crippen MR) is 121 cm³/mol. The third-order valence-electron chi connectivity index (χ3n) is 4.71. The minimum absolute atomic E-state index is 0.0372. The number of aromatic nitrogens is 3. The number of anilines is 1. The molecule has 0 radical (unpaired) electrons. The summed E-state index contributed by atoms with van der Waals surface area (Å²) >= 11 is -0.270. The van der Waals surface area contributed by atoms with Crippen LogP contribution in [0.15, 0.2) is 88.8 Å². The molecule has 11 heteroatoms. The van der Waals surface area contributed by atoms with E-state index in [-0.39, 0.29) is 40.5 Å². The summed E-state index contributed by atoms with van der Waals surface area (Å²) in [4.78, 5) is 29.4. The Morgan fingerprint density at radius 3 is 2.44 bits per heavy atom. The lowest BCUT2D eigenvalue weighted by Gasteiger charge is -2.08. The summed E-state index contributed by atoms with van der Waals surface area (Å²) in [6.07, 6.45) is 2.65. The Hall–Kier alpha value is -3.99. The van der Waals surface area contributed by atoms with E-state index in [9.17, 15) is 27.9 Å². The first-order chi connectivity index (χ1) is 16.2. The number of rotatable bonds is 6. The van der Waals surface area contributed by atoms with Gasteiger partial charge in [0.2, 0.25) is 5.88 Å². The van der Waals surface area contributed by atoms with Gasteiger partial charge in [0.15, 0.2) is 0 Å². The topological polar surface area (TPSA) is 89.2 Å². The molecule has 4 rings (SSSR count). The molecular weight excluding hydrogens is 469 g/mol. The van der Waals surface area contributed by atoms with E-state index in [0.29, 0.717) is 11.3 Å². The number of pyridine rings is 1. The van der Waals surface area contributed by atoms with Gasteiger partial charge in [-0.1, -0.05) is 18.2 Å². The number of para-hydroxylation sites is 1. The maximum absolute atomic E-state index is 12.9. The second-order valence-electron chi connectivity index (χ2n) is 7.14. The molecule has 4 aromatic rings. The van der Waals surface area contributed by atoms with Crippen molar-refractivity contribution in [1.29, 1.82) is 0 Å². The molecule has 0 aliphatic heterocycles. The minimum Gasteiger partial charge on any atom is -0.493 e. The molecule has 1 amide bonds. The molecular formula is C23H17F3N4O3S. The van der Waals surface area contributed by atoms with E-state index in [0.717, 1.165) is 4.57 Å². The summed E-state index contributed by atoms with van der Waals surface area (Å²) in [5, 5.41) is 13.0. The van der Waals surface area contributed by atoms with E-state index in [1.54, 1.807) is 30.3 Å². The highest BCUT2D eigenvalue weighted by atomic mass is 32.2. The smallest absolute Gasteiger partial charge is 0.446 e. The van der Waals surface area contributed by atoms with Gasteiger partial charge in [-0.15, -0.1) is 0 Å². The maximum atomic E-state index is 12.9. The average molecular weight is 486 g/mol. The van der Waals surface area contributed by atoms with Gasteiger partial charge in [-0.3, -0.25) is 14.3 Å². The molecule has 0 aliphatic rings. The van der Waals surface area contributed by atoms with Crippen LogP contribution in [0.4, 0.5) is 18.9 Å². The second kappa shape index (κ2) is 9.48. The zero-order valence-electron chi connectivity index (χ0n) is 17.4. The first-order valence-corrected chi connectivity index (χ1v) is 10.7. The number of alkyl halides is 3. The van der Waals surface area contributed by atoms with Crippen molar-refractivity contribution in [2.75, 3.05) is 5.32 Å². The standard InChI is InChI=1S/C23H17F3N4O3S/c24-23(25,26)34-18-8-6-17(7-9-18)30-20(31)14-29(22(30)33)13-15-10-11-27-19(12-15)21(32)28-16-4-2-1-3-5-16/h1-12,14,31H,13H2,(H,28,32). The minimum atomic E-state index is -4.43. The Labute approximate surface area is 195 Å². The molecule has 0 saturated carbocycles. The number of nitrogens with one attached hydrogen (secondary N) is 1. The highest BCUT2D eigenvalue weighted by Gasteiger charge is 2.29. The Balaban J connectivity index is 1.53. The number of benzene rings is 2. The van der Waals surface area contributed by atoms with Gasteiger partial charge in [0.05, 0.1) is 18.4 Å². The monoisotopic (exact) mass is 486 g/mol. The molecule has 0 unspecified atom stereocenters. The number of imidazole rings is 1. The highest BCUT2D eigenvalue weighted by molar-refractivity contribution is 8.00. The van der Waals surface area contributed by atoms with Crippen molar-refractivity contribution in [3.05, 3.63) is 101 Å². The Kier molecular flexibility index (Phi) is 6.46. The summed E-state index contributed by atoms with van der Waals surface area (Å²) in [5.41, 5.74) is -3.46. The third kappa shape index (κ3) is 5.49. The van der Waals surface area contributed by atoms with Crippen molar-refractivity contribution in [3.8, 4) is 11.6 Å². The van der Waals surface area contributed by atoms with E-state index in [4.69, 9.17) is 0 Å². The lowest BCUT2D eigenvalue weighted by Crippen LogP contribution is -2.23. The molecule has 0 aliphatic carbocycles. The third-order valence-corrected chi connectivity index (χ3v) is 5.45. The molecule has 2 N–H and O–H groups in total. The van der Waals surface area contributed by atoms with Gasteiger partial charge in [0, 0.05) is 16.8 Å². The number of amides is 1. The average Bonchev–Trinajstić information content (AvgIpc) is 3.07. The molecule has 0 atom stereocenters. The number of carbonyl (C=O) groups is 1. The van der Waals surface area contributed by atoms with Crippen molar-refractivity contribution in [1.82, 2.24) is 14.1 Å². The van der Waals surface area contributed by atoms with Gasteiger partial charge in [0.25, 0.3) is 5.91 Å². The van der Waals surface area contributed by atoms with Crippen molar-refractivity contribution in [2.45, 2.75) is 16.9 Å². The van der Waals surface area contributed by atoms with Gasteiger partial charge in [-0.25, -0.2) is 9.36 Å². The van der Waals surface area contributed by atoms with Crippen molar-refractivity contribution >= 4 is 23.4 Å². The van der Waals surface area contributed by atoms with Crippen molar-refractivity contribution < 1.29 is 23.1 Å². The summed E-state index contributed by atoms with van der Waals surface area (Å²) in [5.74, 6) is -0.796. The summed E-state index contributed by atoms with van der Waals surface area (Å²) in [7, 11) is 0. The van der Waals surface area contributed by atoms with E-state index in [1.807, 2.05) is 6.07 Å². The molecule has 34 heavy (non-hydrogen) atoms. The van der Waals surface area contributed by atoms with Crippen LogP contribution in [0.5, 0.6) is 5.88 Å². The lowest BCUT2D eigenvalue weighted by atomic mass is 10.2. The molecule has 0 bridgehead atoms. The van der Waals surface area contributed by atoms with Gasteiger partial charge < -0.3 is 10.4 Å². The molecule has 7 nitrogen and oxygen atoms in total. The number of aromatic hydroxyl groups is 1. The van der Waals surface area contributed by atoms with Gasteiger partial charge in [0.1, 0.15) is 5.69 Å². The number of hydrogen-bond donors (Lipinski definition) is 2. The number of carbonyl (C=O) groups excluding carboxylic acids is 1. The molecule has 2 aromatic heterocycles. The number of nitrogens with zero attached hydrogens (tertiary/aromatic N) is 3. The van der Waals surface area contributed by atoms with Crippen LogP contribution >= 0.6 is 11.8 Å². The van der Waals surface area contributed by atoms with Crippen LogP contribution in [-0.2, 0) is 6.54 Å². The zero-order chi connectivity index (χ0) is 24.3. The van der Waals surface area contributed by atoms with Crippen LogP contribution in [0.3, 0.4) is 0 Å². The fraction of sp³-hybridized carbons (Fsp3) is 0.0870. The SMILES string of the molecule is O=C(Nc1ccccc1)c1cc(Cn2cc(O)n(-c3ccc(SC(F)(F)F)cc3)c2=O)ccn1.